The Morgan fingerprint density at radius 3 is 3.00 bits per heavy atom. The average molecular weight is 341 g/mol. The molecular formula is C19H27N5O. The molecule has 3 rings (SSSR count). The van der Waals surface area contributed by atoms with Gasteiger partial charge in [0.25, 0.3) is 5.91 Å². The number of piperidine rings is 1. The second kappa shape index (κ2) is 8.65. The number of aryl methyl sites for hydroxylation is 1. The monoisotopic (exact) mass is 341 g/mol. The molecule has 6 nitrogen and oxygen atoms in total. The van der Waals surface area contributed by atoms with Gasteiger partial charge in [-0.15, -0.1) is 0 Å². The predicted molar refractivity (Wildman–Crippen MR) is 98.5 cm³/mol. The lowest BCUT2D eigenvalue weighted by molar-refractivity contribution is 0.0593. The number of hydrogen-bond acceptors (Lipinski definition) is 4. The van der Waals surface area contributed by atoms with E-state index in [4.69, 9.17) is 0 Å². The van der Waals surface area contributed by atoms with Crippen LogP contribution in [-0.2, 0) is 6.54 Å². The number of nitrogens with zero attached hydrogens (tertiary/aromatic N) is 4. The van der Waals surface area contributed by atoms with Gasteiger partial charge in [-0.25, -0.2) is 4.98 Å². The van der Waals surface area contributed by atoms with Crippen LogP contribution in [0.15, 0.2) is 36.8 Å². The average Bonchev–Trinajstić information content (AvgIpc) is 3.18. The fraction of sp³-hybridized carbons (Fsp3) is 0.526. The minimum Gasteiger partial charge on any atom is -0.370 e. The first-order chi connectivity index (χ1) is 12.3. The molecule has 0 unspecified atom stereocenters. The van der Waals surface area contributed by atoms with Crippen LogP contribution < -0.4 is 5.32 Å². The van der Waals surface area contributed by atoms with Crippen molar-refractivity contribution in [1.29, 1.82) is 0 Å². The van der Waals surface area contributed by atoms with Crippen LogP contribution in [0.3, 0.4) is 0 Å². The highest BCUT2D eigenvalue weighted by Gasteiger charge is 2.27. The lowest BCUT2D eigenvalue weighted by Gasteiger charge is -2.36. The summed E-state index contributed by atoms with van der Waals surface area (Å²) < 4.78 is 1.94. The van der Waals surface area contributed by atoms with Gasteiger partial charge < -0.3 is 10.2 Å². The van der Waals surface area contributed by atoms with E-state index >= 15 is 0 Å². The first-order valence-electron chi connectivity index (χ1n) is 9.26. The molecule has 1 N–H and O–H groups in total. The van der Waals surface area contributed by atoms with E-state index in [2.05, 4.69) is 22.3 Å². The highest BCUT2D eigenvalue weighted by atomic mass is 16.2. The van der Waals surface area contributed by atoms with Gasteiger partial charge in [0.15, 0.2) is 0 Å². The SMILES string of the molecule is CCCNc1ccc(C(=O)N2CCCC[C@@H]2CCn2cccn2)cn1. The van der Waals surface area contributed by atoms with Gasteiger partial charge in [-0.05, 0) is 50.3 Å². The van der Waals surface area contributed by atoms with Crippen LogP contribution >= 0.6 is 0 Å². The van der Waals surface area contributed by atoms with Crippen molar-refractivity contribution in [2.75, 3.05) is 18.4 Å². The number of pyridine rings is 1. The van der Waals surface area contributed by atoms with Crippen LogP contribution in [0.25, 0.3) is 0 Å². The topological polar surface area (TPSA) is 63.1 Å². The Balaban J connectivity index is 1.63. The molecule has 0 spiro atoms. The molecule has 2 aromatic heterocycles. The van der Waals surface area contributed by atoms with Gasteiger partial charge in [0.05, 0.1) is 5.56 Å². The summed E-state index contributed by atoms with van der Waals surface area (Å²) in [6.07, 6.45) is 10.8. The number of carbonyl (C=O) groups is 1. The molecule has 6 heteroatoms. The van der Waals surface area contributed by atoms with Gasteiger partial charge in [-0.2, -0.15) is 5.10 Å². The second-order valence-corrected chi connectivity index (χ2v) is 6.56. The second-order valence-electron chi connectivity index (χ2n) is 6.56. The Morgan fingerprint density at radius 1 is 1.36 bits per heavy atom. The fourth-order valence-electron chi connectivity index (χ4n) is 3.33. The van der Waals surface area contributed by atoms with Gasteiger partial charge in [0.2, 0.25) is 0 Å². The smallest absolute Gasteiger partial charge is 0.255 e. The zero-order valence-corrected chi connectivity index (χ0v) is 14.9. The Morgan fingerprint density at radius 2 is 2.28 bits per heavy atom. The highest BCUT2D eigenvalue weighted by Crippen LogP contribution is 2.22. The molecule has 1 fully saturated rings. The van der Waals surface area contributed by atoms with Gasteiger partial charge in [-0.1, -0.05) is 6.92 Å². The molecule has 1 saturated heterocycles. The summed E-state index contributed by atoms with van der Waals surface area (Å²) in [7, 11) is 0. The summed E-state index contributed by atoms with van der Waals surface area (Å²) in [4.78, 5) is 19.3. The van der Waals surface area contributed by atoms with Gasteiger partial charge in [0.1, 0.15) is 5.82 Å². The number of likely N-dealkylation sites (tertiary alicyclic amines) is 1. The van der Waals surface area contributed by atoms with Crippen molar-refractivity contribution >= 4 is 11.7 Å². The number of hydrogen-bond donors (Lipinski definition) is 1. The van der Waals surface area contributed by atoms with E-state index in [9.17, 15) is 4.79 Å². The van der Waals surface area contributed by atoms with E-state index in [0.717, 1.165) is 51.1 Å². The van der Waals surface area contributed by atoms with Gasteiger partial charge in [-0.3, -0.25) is 9.48 Å². The van der Waals surface area contributed by atoms with Crippen LogP contribution in [0, 0.1) is 0 Å². The first-order valence-corrected chi connectivity index (χ1v) is 9.26. The molecular weight excluding hydrogens is 314 g/mol. The number of carbonyl (C=O) groups excluding carboxylic acids is 1. The van der Waals surface area contributed by atoms with Crippen LogP contribution in [0.2, 0.25) is 0 Å². The van der Waals surface area contributed by atoms with Crippen molar-refractivity contribution in [3.8, 4) is 0 Å². The third kappa shape index (κ3) is 4.59. The minimum atomic E-state index is 0.0970. The molecule has 0 bridgehead atoms. The summed E-state index contributed by atoms with van der Waals surface area (Å²) in [6.45, 7) is 4.69. The van der Waals surface area contributed by atoms with Crippen molar-refractivity contribution in [3.05, 3.63) is 42.4 Å². The molecule has 2 aromatic rings. The van der Waals surface area contributed by atoms with E-state index < -0.39 is 0 Å². The first kappa shape index (κ1) is 17.5. The molecule has 3 heterocycles. The molecule has 0 saturated carbocycles. The molecule has 1 aliphatic heterocycles. The maximum absolute atomic E-state index is 12.9. The van der Waals surface area contributed by atoms with Crippen LogP contribution in [-0.4, -0.2) is 44.7 Å². The quantitative estimate of drug-likeness (QED) is 0.840. The van der Waals surface area contributed by atoms with E-state index in [-0.39, 0.29) is 11.9 Å². The molecule has 0 radical (unpaired) electrons. The molecule has 1 amide bonds. The van der Waals surface area contributed by atoms with Crippen molar-refractivity contribution in [2.24, 2.45) is 0 Å². The number of amides is 1. The maximum atomic E-state index is 12.9. The molecule has 0 aromatic carbocycles. The Labute approximate surface area is 149 Å². The van der Waals surface area contributed by atoms with Gasteiger partial charge in [0, 0.05) is 44.3 Å². The number of aromatic nitrogens is 3. The maximum Gasteiger partial charge on any atom is 0.255 e. The highest BCUT2D eigenvalue weighted by molar-refractivity contribution is 5.94. The largest absolute Gasteiger partial charge is 0.370 e. The Bertz CT molecular complexity index is 653. The number of nitrogens with one attached hydrogen (secondary N) is 1. The molecule has 25 heavy (non-hydrogen) atoms. The minimum absolute atomic E-state index is 0.0970. The normalized spacial score (nSPS) is 17.5. The summed E-state index contributed by atoms with van der Waals surface area (Å²) in [5.74, 6) is 0.923. The number of rotatable bonds is 7. The van der Waals surface area contributed by atoms with Crippen LogP contribution in [0.5, 0.6) is 0 Å². The lowest BCUT2D eigenvalue weighted by atomic mass is 9.98. The van der Waals surface area contributed by atoms with Crippen molar-refractivity contribution in [1.82, 2.24) is 19.7 Å². The lowest BCUT2D eigenvalue weighted by Crippen LogP contribution is -2.44. The van der Waals surface area contributed by atoms with Crippen molar-refractivity contribution in [2.45, 2.75) is 51.6 Å². The summed E-state index contributed by atoms with van der Waals surface area (Å²) in [5, 5.41) is 7.50. The third-order valence-electron chi connectivity index (χ3n) is 4.71. The molecule has 1 aliphatic rings. The molecule has 1 atom stereocenters. The summed E-state index contributed by atoms with van der Waals surface area (Å²) in [5.41, 5.74) is 0.674. The fourth-order valence-corrected chi connectivity index (χ4v) is 3.33. The summed E-state index contributed by atoms with van der Waals surface area (Å²) in [6, 6.07) is 5.99. The zero-order chi connectivity index (χ0) is 17.5. The predicted octanol–water partition coefficient (Wildman–Crippen LogP) is 3.19. The van der Waals surface area contributed by atoms with E-state index in [0.29, 0.717) is 5.56 Å². The molecule has 134 valence electrons. The van der Waals surface area contributed by atoms with E-state index in [1.165, 1.54) is 6.42 Å². The van der Waals surface area contributed by atoms with Crippen LogP contribution in [0.1, 0.15) is 49.4 Å². The third-order valence-corrected chi connectivity index (χ3v) is 4.71. The summed E-state index contributed by atoms with van der Waals surface area (Å²) >= 11 is 0. The van der Waals surface area contributed by atoms with Crippen LogP contribution in [0.4, 0.5) is 5.82 Å². The van der Waals surface area contributed by atoms with E-state index in [1.807, 2.05) is 34.0 Å². The van der Waals surface area contributed by atoms with Crippen molar-refractivity contribution in [3.63, 3.8) is 0 Å². The number of anilines is 1. The Kier molecular flexibility index (Phi) is 6.04. The zero-order valence-electron chi connectivity index (χ0n) is 14.9. The van der Waals surface area contributed by atoms with Gasteiger partial charge >= 0.3 is 0 Å². The Hall–Kier alpha value is -2.37. The van der Waals surface area contributed by atoms with Crippen molar-refractivity contribution < 1.29 is 4.79 Å². The van der Waals surface area contributed by atoms with E-state index in [1.54, 1.807) is 12.4 Å². The molecule has 0 aliphatic carbocycles. The standard InChI is InChI=1S/C19H27N5O/c1-2-10-20-18-8-7-16(15-21-18)19(25)24-13-4-3-6-17(24)9-14-23-12-5-11-22-23/h5,7-8,11-12,15,17H,2-4,6,9-10,13-14H2,1H3,(H,20,21)/t17-/m1/s1.